The highest BCUT2D eigenvalue weighted by molar-refractivity contribution is 7.89. The van der Waals surface area contributed by atoms with Gasteiger partial charge in [-0.25, -0.2) is 8.42 Å². The van der Waals surface area contributed by atoms with Gasteiger partial charge in [-0.3, -0.25) is 0 Å². The summed E-state index contributed by atoms with van der Waals surface area (Å²) < 4.78 is 26.2. The van der Waals surface area contributed by atoms with Crippen molar-refractivity contribution in [1.29, 1.82) is 0 Å². The summed E-state index contributed by atoms with van der Waals surface area (Å²) in [6.07, 6.45) is 6.29. The molecule has 0 bridgehead atoms. The third-order valence-corrected chi connectivity index (χ3v) is 5.46. The Morgan fingerprint density at radius 2 is 2.00 bits per heavy atom. The van der Waals surface area contributed by atoms with E-state index in [2.05, 4.69) is 6.92 Å². The van der Waals surface area contributed by atoms with E-state index in [-0.39, 0.29) is 18.4 Å². The molecule has 0 aromatic carbocycles. The fourth-order valence-electron chi connectivity index (χ4n) is 2.44. The molecule has 1 atom stereocenters. The van der Waals surface area contributed by atoms with Crippen molar-refractivity contribution in [3.63, 3.8) is 0 Å². The first-order valence-electron chi connectivity index (χ1n) is 6.72. The Balaban J connectivity index is 2.64. The SMILES string of the molecule is CCC1CCCCCN1S(=O)(=O)CCCCO. The summed E-state index contributed by atoms with van der Waals surface area (Å²) in [5.41, 5.74) is 0. The highest BCUT2D eigenvalue weighted by Gasteiger charge is 2.29. The number of aliphatic hydroxyl groups excluding tert-OH is 1. The van der Waals surface area contributed by atoms with Crippen LogP contribution >= 0.6 is 0 Å². The van der Waals surface area contributed by atoms with Crippen LogP contribution in [0.1, 0.15) is 51.9 Å². The fraction of sp³-hybridized carbons (Fsp3) is 1.00. The zero-order valence-electron chi connectivity index (χ0n) is 10.8. The average Bonchev–Trinajstić information content (AvgIpc) is 2.54. The summed E-state index contributed by atoms with van der Waals surface area (Å²) in [6.45, 7) is 2.82. The molecule has 4 nitrogen and oxygen atoms in total. The Morgan fingerprint density at radius 3 is 2.65 bits per heavy atom. The number of hydrogen-bond donors (Lipinski definition) is 1. The molecular formula is C12H25NO3S. The minimum Gasteiger partial charge on any atom is -0.396 e. The van der Waals surface area contributed by atoms with Crippen LogP contribution in [0, 0.1) is 0 Å². The van der Waals surface area contributed by atoms with Crippen LogP contribution in [0.3, 0.4) is 0 Å². The Bertz CT molecular complexity index is 303. The van der Waals surface area contributed by atoms with Gasteiger partial charge in [0.25, 0.3) is 0 Å². The van der Waals surface area contributed by atoms with Gasteiger partial charge in [0.15, 0.2) is 0 Å². The maximum absolute atomic E-state index is 12.2. The van der Waals surface area contributed by atoms with Crippen LogP contribution in [0.5, 0.6) is 0 Å². The maximum Gasteiger partial charge on any atom is 0.214 e. The lowest BCUT2D eigenvalue weighted by molar-refractivity contribution is 0.285. The number of aliphatic hydroxyl groups is 1. The number of rotatable bonds is 6. The molecule has 1 fully saturated rings. The molecule has 102 valence electrons. The summed E-state index contributed by atoms with van der Waals surface area (Å²) in [6, 6.07) is 0.191. The van der Waals surface area contributed by atoms with E-state index < -0.39 is 10.0 Å². The van der Waals surface area contributed by atoms with E-state index >= 15 is 0 Å². The predicted molar refractivity (Wildman–Crippen MR) is 69.4 cm³/mol. The van der Waals surface area contributed by atoms with Gasteiger partial charge in [-0.15, -0.1) is 0 Å². The molecule has 0 aromatic rings. The van der Waals surface area contributed by atoms with Gasteiger partial charge in [0.1, 0.15) is 0 Å². The third kappa shape index (κ3) is 4.56. The lowest BCUT2D eigenvalue weighted by Crippen LogP contribution is -2.41. The standard InChI is InChI=1S/C12H25NO3S/c1-2-12-8-4-3-5-9-13(12)17(15,16)11-7-6-10-14/h12,14H,2-11H2,1H3. The second kappa shape index (κ2) is 7.34. The second-order valence-electron chi connectivity index (χ2n) is 4.77. The second-order valence-corrected chi connectivity index (χ2v) is 6.81. The summed E-state index contributed by atoms with van der Waals surface area (Å²) in [5, 5.41) is 8.71. The number of unbranched alkanes of at least 4 members (excludes halogenated alkanes) is 1. The Labute approximate surface area is 105 Å². The van der Waals surface area contributed by atoms with Crippen molar-refractivity contribution in [3.8, 4) is 0 Å². The lowest BCUT2D eigenvalue weighted by Gasteiger charge is -2.28. The van der Waals surface area contributed by atoms with Crippen molar-refractivity contribution >= 4 is 10.0 Å². The topological polar surface area (TPSA) is 57.6 Å². The van der Waals surface area contributed by atoms with E-state index in [0.29, 0.717) is 19.4 Å². The van der Waals surface area contributed by atoms with Crippen molar-refractivity contribution in [1.82, 2.24) is 4.31 Å². The molecule has 1 rings (SSSR count). The van der Waals surface area contributed by atoms with Gasteiger partial charge in [0.2, 0.25) is 10.0 Å². The van der Waals surface area contributed by atoms with Crippen molar-refractivity contribution in [2.75, 3.05) is 18.9 Å². The molecule has 0 spiro atoms. The molecule has 0 aromatic heterocycles. The van der Waals surface area contributed by atoms with Crippen molar-refractivity contribution in [2.24, 2.45) is 0 Å². The highest BCUT2D eigenvalue weighted by atomic mass is 32.2. The van der Waals surface area contributed by atoms with Gasteiger partial charge in [-0.05, 0) is 32.1 Å². The fourth-order valence-corrected chi connectivity index (χ4v) is 4.36. The Hall–Kier alpha value is -0.130. The van der Waals surface area contributed by atoms with Gasteiger partial charge in [0, 0.05) is 19.2 Å². The van der Waals surface area contributed by atoms with Gasteiger partial charge < -0.3 is 5.11 Å². The quantitative estimate of drug-likeness (QED) is 0.743. The van der Waals surface area contributed by atoms with Gasteiger partial charge >= 0.3 is 0 Å². The van der Waals surface area contributed by atoms with Gasteiger partial charge in [-0.1, -0.05) is 19.8 Å². The minimum atomic E-state index is -3.12. The van der Waals surface area contributed by atoms with Crippen LogP contribution in [0.4, 0.5) is 0 Å². The van der Waals surface area contributed by atoms with Crippen LogP contribution in [-0.2, 0) is 10.0 Å². The van der Waals surface area contributed by atoms with E-state index in [4.69, 9.17) is 5.11 Å². The van der Waals surface area contributed by atoms with E-state index in [0.717, 1.165) is 32.1 Å². The van der Waals surface area contributed by atoms with E-state index in [1.54, 1.807) is 4.31 Å². The number of hydrogen-bond acceptors (Lipinski definition) is 3. The van der Waals surface area contributed by atoms with E-state index in [1.165, 1.54) is 0 Å². The minimum absolute atomic E-state index is 0.0761. The molecule has 0 saturated carbocycles. The lowest BCUT2D eigenvalue weighted by atomic mass is 10.1. The number of sulfonamides is 1. The molecule has 1 N–H and O–H groups in total. The summed E-state index contributed by atoms with van der Waals surface area (Å²) in [7, 11) is -3.12. The smallest absolute Gasteiger partial charge is 0.214 e. The van der Waals surface area contributed by atoms with Gasteiger partial charge in [0.05, 0.1) is 5.75 Å². The molecule has 1 aliphatic heterocycles. The first kappa shape index (κ1) is 14.9. The van der Waals surface area contributed by atoms with Crippen LogP contribution in [0.15, 0.2) is 0 Å². The molecule has 1 heterocycles. The monoisotopic (exact) mass is 263 g/mol. The first-order valence-corrected chi connectivity index (χ1v) is 8.33. The van der Waals surface area contributed by atoms with E-state index in [1.807, 2.05) is 0 Å². The van der Waals surface area contributed by atoms with Crippen LogP contribution < -0.4 is 0 Å². The molecule has 0 aliphatic carbocycles. The van der Waals surface area contributed by atoms with Crippen molar-refractivity contribution in [3.05, 3.63) is 0 Å². The zero-order valence-corrected chi connectivity index (χ0v) is 11.6. The Morgan fingerprint density at radius 1 is 1.24 bits per heavy atom. The average molecular weight is 263 g/mol. The number of nitrogens with zero attached hydrogens (tertiary/aromatic N) is 1. The molecule has 1 unspecified atom stereocenters. The van der Waals surface area contributed by atoms with Crippen LogP contribution in [-0.4, -0.2) is 42.8 Å². The molecule has 1 saturated heterocycles. The maximum atomic E-state index is 12.2. The first-order chi connectivity index (χ1) is 8.11. The summed E-state index contributed by atoms with van der Waals surface area (Å²) in [5.74, 6) is 0.185. The largest absolute Gasteiger partial charge is 0.396 e. The normalized spacial score (nSPS) is 23.5. The molecule has 5 heteroatoms. The molecule has 1 aliphatic rings. The van der Waals surface area contributed by atoms with Gasteiger partial charge in [-0.2, -0.15) is 4.31 Å². The van der Waals surface area contributed by atoms with Crippen molar-refractivity contribution < 1.29 is 13.5 Å². The van der Waals surface area contributed by atoms with Crippen LogP contribution in [0.2, 0.25) is 0 Å². The summed E-state index contributed by atoms with van der Waals surface area (Å²) in [4.78, 5) is 0. The van der Waals surface area contributed by atoms with E-state index in [9.17, 15) is 8.42 Å². The highest BCUT2D eigenvalue weighted by Crippen LogP contribution is 2.22. The predicted octanol–water partition coefficient (Wildman–Crippen LogP) is 1.74. The summed E-state index contributed by atoms with van der Waals surface area (Å²) >= 11 is 0. The molecule has 0 radical (unpaired) electrons. The molecule has 17 heavy (non-hydrogen) atoms. The van der Waals surface area contributed by atoms with Crippen molar-refractivity contribution in [2.45, 2.75) is 57.9 Å². The zero-order chi connectivity index (χ0) is 12.7. The molecular weight excluding hydrogens is 238 g/mol. The van der Waals surface area contributed by atoms with Crippen LogP contribution in [0.25, 0.3) is 0 Å². The molecule has 0 amide bonds. The Kier molecular flexibility index (Phi) is 6.44. The third-order valence-electron chi connectivity index (χ3n) is 3.46.